The highest BCUT2D eigenvalue weighted by Gasteiger charge is 2.21. The third-order valence-corrected chi connectivity index (χ3v) is 2.51. The largest absolute Gasteiger partial charge is 0.481 e. The molecular formula is C15H20FNO4. The lowest BCUT2D eigenvalue weighted by molar-refractivity contribution is -0.137. The Balaban J connectivity index is 2.72. The first-order valence-electron chi connectivity index (χ1n) is 6.61. The zero-order valence-electron chi connectivity index (χ0n) is 12.4. The Morgan fingerprint density at radius 2 is 2.05 bits per heavy atom. The maximum atomic E-state index is 13.1. The Hall–Kier alpha value is -2.11. The molecule has 0 bridgehead atoms. The van der Waals surface area contributed by atoms with Crippen LogP contribution in [-0.4, -0.2) is 28.8 Å². The molecule has 0 aromatic heterocycles. The number of ether oxygens (including phenoxy) is 1. The van der Waals surface area contributed by atoms with Gasteiger partial charge in [0.05, 0.1) is 6.42 Å². The number of carbonyl (C=O) groups is 2. The van der Waals surface area contributed by atoms with Gasteiger partial charge in [0.2, 0.25) is 0 Å². The Kier molecular flexibility index (Phi) is 5.69. The van der Waals surface area contributed by atoms with Gasteiger partial charge < -0.3 is 15.2 Å². The minimum atomic E-state index is -1.05. The molecule has 116 valence electrons. The lowest BCUT2D eigenvalue weighted by Crippen LogP contribution is -2.41. The first-order valence-corrected chi connectivity index (χ1v) is 6.61. The van der Waals surface area contributed by atoms with Gasteiger partial charge in [-0.1, -0.05) is 12.1 Å². The predicted molar refractivity (Wildman–Crippen MR) is 75.5 cm³/mol. The Bertz CT molecular complexity index is 511. The number of aliphatic carboxylic acids is 1. The zero-order valence-corrected chi connectivity index (χ0v) is 12.4. The molecule has 5 nitrogen and oxygen atoms in total. The quantitative estimate of drug-likeness (QED) is 0.876. The van der Waals surface area contributed by atoms with Crippen LogP contribution < -0.4 is 5.32 Å². The number of carbonyl (C=O) groups excluding carboxylic acids is 1. The molecule has 0 aliphatic carbocycles. The van der Waals surface area contributed by atoms with Crippen LogP contribution in [0.25, 0.3) is 0 Å². The number of carboxylic acids is 1. The molecule has 1 aromatic rings. The summed E-state index contributed by atoms with van der Waals surface area (Å²) in [5, 5.41) is 11.4. The van der Waals surface area contributed by atoms with Crippen molar-refractivity contribution in [2.24, 2.45) is 0 Å². The third-order valence-electron chi connectivity index (χ3n) is 2.51. The van der Waals surface area contributed by atoms with Gasteiger partial charge in [-0.2, -0.15) is 0 Å². The topological polar surface area (TPSA) is 75.6 Å². The van der Waals surface area contributed by atoms with Crippen LogP contribution in [-0.2, 0) is 16.0 Å². The number of amides is 1. The molecule has 0 spiro atoms. The highest BCUT2D eigenvalue weighted by molar-refractivity contribution is 5.71. The molecule has 2 N–H and O–H groups in total. The van der Waals surface area contributed by atoms with Gasteiger partial charge in [-0.25, -0.2) is 9.18 Å². The summed E-state index contributed by atoms with van der Waals surface area (Å²) in [6.45, 7) is 5.14. The lowest BCUT2D eigenvalue weighted by atomic mass is 10.0. The summed E-state index contributed by atoms with van der Waals surface area (Å²) >= 11 is 0. The van der Waals surface area contributed by atoms with Gasteiger partial charge in [-0.05, 0) is 44.9 Å². The van der Waals surface area contributed by atoms with E-state index in [0.717, 1.165) is 0 Å². The summed E-state index contributed by atoms with van der Waals surface area (Å²) in [7, 11) is 0. The van der Waals surface area contributed by atoms with E-state index in [0.29, 0.717) is 5.56 Å². The second-order valence-electron chi connectivity index (χ2n) is 5.78. The number of alkyl carbamates (subject to hydrolysis) is 1. The Morgan fingerprint density at radius 1 is 1.38 bits per heavy atom. The standard InChI is InChI=1S/C15H20FNO4/c1-15(2,3)21-14(20)17-12(9-13(18)19)8-10-5-4-6-11(16)7-10/h4-7,12H,8-9H2,1-3H3,(H,17,20)(H,18,19)/t12-/m1/s1. The maximum absolute atomic E-state index is 13.1. The minimum Gasteiger partial charge on any atom is -0.481 e. The van der Waals surface area contributed by atoms with Gasteiger partial charge in [0, 0.05) is 6.04 Å². The van der Waals surface area contributed by atoms with Crippen molar-refractivity contribution in [3.8, 4) is 0 Å². The number of carboxylic acid groups (broad SMARTS) is 1. The molecule has 1 rings (SSSR count). The van der Waals surface area contributed by atoms with Crippen molar-refractivity contribution in [3.05, 3.63) is 35.6 Å². The summed E-state index contributed by atoms with van der Waals surface area (Å²) in [4.78, 5) is 22.6. The second kappa shape index (κ2) is 7.06. The van der Waals surface area contributed by atoms with E-state index in [2.05, 4.69) is 5.32 Å². The number of rotatable bonds is 5. The molecule has 21 heavy (non-hydrogen) atoms. The second-order valence-corrected chi connectivity index (χ2v) is 5.78. The van der Waals surface area contributed by atoms with E-state index < -0.39 is 29.5 Å². The molecule has 0 saturated carbocycles. The molecule has 1 atom stereocenters. The van der Waals surface area contributed by atoms with E-state index in [1.54, 1.807) is 26.8 Å². The van der Waals surface area contributed by atoms with Crippen LogP contribution in [0.15, 0.2) is 24.3 Å². The predicted octanol–water partition coefficient (Wildman–Crippen LogP) is 2.74. The highest BCUT2D eigenvalue weighted by atomic mass is 19.1. The van der Waals surface area contributed by atoms with Gasteiger partial charge in [-0.15, -0.1) is 0 Å². The molecule has 0 heterocycles. The zero-order chi connectivity index (χ0) is 16.0. The summed E-state index contributed by atoms with van der Waals surface area (Å²) in [6, 6.07) is 5.16. The van der Waals surface area contributed by atoms with Crippen molar-refractivity contribution < 1.29 is 23.8 Å². The van der Waals surface area contributed by atoms with Crippen molar-refractivity contribution in [3.63, 3.8) is 0 Å². The average Bonchev–Trinajstić information content (AvgIpc) is 2.24. The van der Waals surface area contributed by atoms with Crippen molar-refractivity contribution in [2.45, 2.75) is 45.3 Å². The van der Waals surface area contributed by atoms with Gasteiger partial charge >= 0.3 is 12.1 Å². The SMILES string of the molecule is CC(C)(C)OC(=O)N[C@@H](CC(=O)O)Cc1cccc(F)c1. The summed E-state index contributed by atoms with van der Waals surface area (Å²) < 4.78 is 18.2. The number of hydrogen-bond donors (Lipinski definition) is 2. The van der Waals surface area contributed by atoms with E-state index in [-0.39, 0.29) is 12.8 Å². The van der Waals surface area contributed by atoms with E-state index in [4.69, 9.17) is 9.84 Å². The summed E-state index contributed by atoms with van der Waals surface area (Å²) in [5.74, 6) is -1.45. The smallest absolute Gasteiger partial charge is 0.407 e. The Morgan fingerprint density at radius 3 is 2.57 bits per heavy atom. The van der Waals surface area contributed by atoms with Crippen molar-refractivity contribution in [1.82, 2.24) is 5.32 Å². The van der Waals surface area contributed by atoms with Gasteiger partial charge in [0.15, 0.2) is 0 Å². The highest BCUT2D eigenvalue weighted by Crippen LogP contribution is 2.11. The number of nitrogens with one attached hydrogen (secondary N) is 1. The molecule has 0 radical (unpaired) electrons. The van der Waals surface area contributed by atoms with E-state index in [1.165, 1.54) is 18.2 Å². The van der Waals surface area contributed by atoms with Crippen LogP contribution in [0.3, 0.4) is 0 Å². The molecule has 0 saturated heterocycles. The van der Waals surface area contributed by atoms with Crippen LogP contribution >= 0.6 is 0 Å². The van der Waals surface area contributed by atoms with Crippen molar-refractivity contribution in [2.75, 3.05) is 0 Å². The fraction of sp³-hybridized carbons (Fsp3) is 0.467. The average molecular weight is 297 g/mol. The first kappa shape index (κ1) is 16.9. The van der Waals surface area contributed by atoms with Crippen LogP contribution in [0.5, 0.6) is 0 Å². The number of benzene rings is 1. The van der Waals surface area contributed by atoms with E-state index >= 15 is 0 Å². The first-order chi connectivity index (χ1) is 9.65. The maximum Gasteiger partial charge on any atom is 0.407 e. The lowest BCUT2D eigenvalue weighted by Gasteiger charge is -2.23. The monoisotopic (exact) mass is 297 g/mol. The fourth-order valence-corrected chi connectivity index (χ4v) is 1.81. The summed E-state index contributed by atoms with van der Waals surface area (Å²) in [5.41, 5.74) is -0.0613. The van der Waals surface area contributed by atoms with Crippen molar-refractivity contribution in [1.29, 1.82) is 0 Å². The van der Waals surface area contributed by atoms with Crippen molar-refractivity contribution >= 4 is 12.1 Å². The molecular weight excluding hydrogens is 277 g/mol. The molecule has 6 heteroatoms. The molecule has 0 fully saturated rings. The van der Waals surface area contributed by atoms with E-state index in [1.807, 2.05) is 0 Å². The van der Waals surface area contributed by atoms with E-state index in [9.17, 15) is 14.0 Å². The normalized spacial score (nSPS) is 12.6. The van der Waals surface area contributed by atoms with Crippen LogP contribution in [0.2, 0.25) is 0 Å². The van der Waals surface area contributed by atoms with Crippen LogP contribution in [0.4, 0.5) is 9.18 Å². The summed E-state index contributed by atoms with van der Waals surface area (Å²) in [6.07, 6.45) is -0.746. The van der Waals surface area contributed by atoms with Gasteiger partial charge in [0.1, 0.15) is 11.4 Å². The molecule has 0 unspecified atom stereocenters. The Labute approximate surface area is 123 Å². The molecule has 1 aromatic carbocycles. The number of halogens is 1. The van der Waals surface area contributed by atoms with Crippen LogP contribution in [0, 0.1) is 5.82 Å². The molecule has 0 aliphatic heterocycles. The third kappa shape index (κ3) is 7.29. The van der Waals surface area contributed by atoms with Gasteiger partial charge in [-0.3, -0.25) is 4.79 Å². The minimum absolute atomic E-state index is 0.212. The van der Waals surface area contributed by atoms with Crippen LogP contribution in [0.1, 0.15) is 32.8 Å². The fourth-order valence-electron chi connectivity index (χ4n) is 1.81. The van der Waals surface area contributed by atoms with Gasteiger partial charge in [0.25, 0.3) is 0 Å². The number of hydrogen-bond acceptors (Lipinski definition) is 3. The molecule has 1 amide bonds. The molecule has 0 aliphatic rings.